The average molecular weight is 485 g/mol. The molecule has 1 saturated carbocycles. The second-order valence-electron chi connectivity index (χ2n) is 9.42. The highest BCUT2D eigenvalue weighted by molar-refractivity contribution is 6.33. The molecule has 0 bridgehead atoms. The third-order valence-corrected chi connectivity index (χ3v) is 7.81. The van der Waals surface area contributed by atoms with E-state index in [2.05, 4.69) is 22.2 Å². The molecule has 5 rings (SSSR count). The van der Waals surface area contributed by atoms with Crippen molar-refractivity contribution >= 4 is 29.2 Å². The van der Waals surface area contributed by atoms with Crippen molar-refractivity contribution in [1.82, 2.24) is 24.9 Å². The number of para-hydroxylation sites is 1. The lowest BCUT2D eigenvalue weighted by Crippen LogP contribution is -2.55. The lowest BCUT2D eigenvalue weighted by Gasteiger charge is -2.38. The van der Waals surface area contributed by atoms with Crippen LogP contribution >= 0.6 is 11.6 Å². The van der Waals surface area contributed by atoms with Crippen molar-refractivity contribution < 1.29 is 9.59 Å². The molecular weight excluding hydrogens is 456 g/mol. The number of carbonyl (C=O) groups is 2. The number of aromatic nitrogens is 2. The number of imide groups is 1. The van der Waals surface area contributed by atoms with Crippen LogP contribution in [0.4, 0.5) is 10.5 Å². The minimum Gasteiger partial charge on any atom is -0.366 e. The van der Waals surface area contributed by atoms with Gasteiger partial charge in [-0.3, -0.25) is 14.5 Å². The van der Waals surface area contributed by atoms with E-state index in [1.54, 1.807) is 18.3 Å². The maximum Gasteiger partial charge on any atom is 0.326 e. The van der Waals surface area contributed by atoms with E-state index in [1.165, 1.54) is 9.58 Å². The van der Waals surface area contributed by atoms with Gasteiger partial charge < -0.3 is 10.2 Å². The van der Waals surface area contributed by atoms with Gasteiger partial charge >= 0.3 is 6.03 Å². The van der Waals surface area contributed by atoms with Crippen molar-refractivity contribution in [3.8, 4) is 5.69 Å². The van der Waals surface area contributed by atoms with Gasteiger partial charge in [-0.25, -0.2) is 9.69 Å². The first kappa shape index (κ1) is 22.9. The van der Waals surface area contributed by atoms with E-state index in [0.717, 1.165) is 19.3 Å². The van der Waals surface area contributed by atoms with Crippen molar-refractivity contribution in [2.75, 3.05) is 37.7 Å². The van der Waals surface area contributed by atoms with Crippen molar-refractivity contribution in [3.05, 3.63) is 51.9 Å². The molecule has 1 aliphatic carbocycles. The Hall–Kier alpha value is -2.91. The molecule has 3 fully saturated rings. The van der Waals surface area contributed by atoms with Gasteiger partial charge in [-0.2, -0.15) is 9.78 Å². The highest BCUT2D eigenvalue weighted by Gasteiger charge is 2.55. The number of rotatable bonds is 4. The smallest absolute Gasteiger partial charge is 0.326 e. The molecular formula is C24H29ClN6O3. The Morgan fingerprint density at radius 2 is 1.82 bits per heavy atom. The lowest BCUT2D eigenvalue weighted by molar-refractivity contribution is -0.135. The molecule has 34 heavy (non-hydrogen) atoms. The van der Waals surface area contributed by atoms with E-state index in [9.17, 15) is 14.4 Å². The van der Waals surface area contributed by atoms with Crippen molar-refractivity contribution in [2.45, 2.75) is 38.1 Å². The first-order chi connectivity index (χ1) is 16.4. The summed E-state index contributed by atoms with van der Waals surface area (Å²) in [5.41, 5.74) is 0.158. The number of halogens is 1. The SMILES string of the molecule is CC1CCCCC12NC(=O)N(CN1CCN(c3cnn(-c4ccccc4)c(=O)c3Cl)CC1)C2=O. The maximum absolute atomic E-state index is 13.2. The minimum atomic E-state index is -0.737. The van der Waals surface area contributed by atoms with Crippen LogP contribution in [0.15, 0.2) is 41.3 Å². The molecule has 2 aromatic rings. The highest BCUT2D eigenvalue weighted by Crippen LogP contribution is 2.38. The fourth-order valence-electron chi connectivity index (χ4n) is 5.35. The maximum atomic E-state index is 13.2. The van der Waals surface area contributed by atoms with E-state index in [0.29, 0.717) is 44.0 Å². The van der Waals surface area contributed by atoms with Gasteiger partial charge in [0.05, 0.1) is 24.2 Å². The number of piperazine rings is 1. The summed E-state index contributed by atoms with van der Waals surface area (Å²) >= 11 is 6.46. The van der Waals surface area contributed by atoms with Crippen LogP contribution in [0.1, 0.15) is 32.6 Å². The first-order valence-electron chi connectivity index (χ1n) is 11.9. The van der Waals surface area contributed by atoms with Crippen LogP contribution < -0.4 is 15.8 Å². The largest absolute Gasteiger partial charge is 0.366 e. The Morgan fingerprint density at radius 1 is 1.09 bits per heavy atom. The molecule has 9 nitrogen and oxygen atoms in total. The van der Waals surface area contributed by atoms with Gasteiger partial charge in [-0.15, -0.1) is 0 Å². The Balaban J connectivity index is 1.24. The Labute approximate surface area is 203 Å². The van der Waals surface area contributed by atoms with Gasteiger partial charge in [0.2, 0.25) is 0 Å². The fourth-order valence-corrected chi connectivity index (χ4v) is 5.60. The molecule has 2 saturated heterocycles. The molecule has 10 heteroatoms. The number of nitrogens with zero attached hydrogens (tertiary/aromatic N) is 5. The fraction of sp³-hybridized carbons (Fsp3) is 0.500. The lowest BCUT2D eigenvalue weighted by atomic mass is 9.73. The number of hydrogen-bond acceptors (Lipinski definition) is 6. The summed E-state index contributed by atoms with van der Waals surface area (Å²) in [5, 5.41) is 7.47. The highest BCUT2D eigenvalue weighted by atomic mass is 35.5. The number of benzene rings is 1. The molecule has 0 radical (unpaired) electrons. The average Bonchev–Trinajstić information content (AvgIpc) is 3.08. The third kappa shape index (κ3) is 3.86. The van der Waals surface area contributed by atoms with E-state index < -0.39 is 5.54 Å². The van der Waals surface area contributed by atoms with E-state index in [-0.39, 0.29) is 35.1 Å². The molecule has 1 aromatic heterocycles. The summed E-state index contributed by atoms with van der Waals surface area (Å²) in [4.78, 5) is 44.2. The summed E-state index contributed by atoms with van der Waals surface area (Å²) in [7, 11) is 0. The molecule has 180 valence electrons. The van der Waals surface area contributed by atoms with Gasteiger partial charge in [0.25, 0.3) is 11.5 Å². The number of carbonyl (C=O) groups excluding carboxylic acids is 2. The third-order valence-electron chi connectivity index (χ3n) is 7.46. The number of hydrogen-bond donors (Lipinski definition) is 1. The molecule has 2 atom stereocenters. The zero-order valence-corrected chi connectivity index (χ0v) is 20.0. The van der Waals surface area contributed by atoms with Crippen LogP contribution in [0.25, 0.3) is 5.69 Å². The van der Waals surface area contributed by atoms with Gasteiger partial charge in [0.1, 0.15) is 10.6 Å². The summed E-state index contributed by atoms with van der Waals surface area (Å²) in [6.45, 7) is 4.83. The minimum absolute atomic E-state index is 0.0936. The molecule has 1 N–H and O–H groups in total. The van der Waals surface area contributed by atoms with Crippen molar-refractivity contribution in [1.29, 1.82) is 0 Å². The Morgan fingerprint density at radius 3 is 2.53 bits per heavy atom. The van der Waals surface area contributed by atoms with Crippen LogP contribution in [-0.2, 0) is 4.79 Å². The monoisotopic (exact) mass is 484 g/mol. The second-order valence-corrected chi connectivity index (χ2v) is 9.80. The number of amides is 3. The van der Waals surface area contributed by atoms with Crippen LogP contribution in [0, 0.1) is 5.92 Å². The summed E-state index contributed by atoms with van der Waals surface area (Å²) in [6, 6.07) is 8.87. The zero-order valence-electron chi connectivity index (χ0n) is 19.2. The van der Waals surface area contributed by atoms with Crippen LogP contribution in [0.2, 0.25) is 5.02 Å². The molecule has 2 unspecified atom stereocenters. The standard InChI is InChI=1S/C24H29ClN6O3/c1-17-7-5-6-10-24(17)22(33)30(23(34)27-24)16-28-11-13-29(14-12-28)19-15-26-31(21(32)20(19)25)18-8-3-2-4-9-18/h2-4,8-9,15,17H,5-7,10-14,16H2,1H3,(H,27,34). The van der Waals surface area contributed by atoms with E-state index >= 15 is 0 Å². The molecule has 1 aromatic carbocycles. The van der Waals surface area contributed by atoms with Gasteiger partial charge in [-0.05, 0) is 30.9 Å². The van der Waals surface area contributed by atoms with Gasteiger partial charge in [0.15, 0.2) is 0 Å². The van der Waals surface area contributed by atoms with Crippen molar-refractivity contribution in [3.63, 3.8) is 0 Å². The van der Waals surface area contributed by atoms with Crippen molar-refractivity contribution in [2.24, 2.45) is 5.92 Å². The Kier molecular flexibility index (Phi) is 6.07. The first-order valence-corrected chi connectivity index (χ1v) is 12.2. The number of anilines is 1. The molecule has 3 heterocycles. The van der Waals surface area contributed by atoms with Crippen LogP contribution in [-0.4, -0.2) is 69.9 Å². The van der Waals surface area contributed by atoms with Crippen LogP contribution in [0.5, 0.6) is 0 Å². The van der Waals surface area contributed by atoms with E-state index in [4.69, 9.17) is 11.6 Å². The zero-order chi connectivity index (χ0) is 23.9. The number of urea groups is 1. The molecule has 2 aliphatic heterocycles. The molecule has 3 aliphatic rings. The predicted molar refractivity (Wildman–Crippen MR) is 129 cm³/mol. The summed E-state index contributed by atoms with van der Waals surface area (Å²) < 4.78 is 1.29. The normalized spacial score (nSPS) is 25.8. The van der Waals surface area contributed by atoms with Gasteiger partial charge in [0, 0.05) is 26.2 Å². The van der Waals surface area contributed by atoms with Crippen LogP contribution in [0.3, 0.4) is 0 Å². The summed E-state index contributed by atoms with van der Waals surface area (Å²) in [5.74, 6) is 0.0519. The molecule has 1 spiro atoms. The van der Waals surface area contributed by atoms with E-state index in [1.807, 2.05) is 23.1 Å². The summed E-state index contributed by atoms with van der Waals surface area (Å²) in [6.07, 6.45) is 5.35. The second kappa shape index (κ2) is 9.03. The Bertz CT molecular complexity index is 1150. The van der Waals surface area contributed by atoms with Gasteiger partial charge in [-0.1, -0.05) is 49.6 Å². The quantitative estimate of drug-likeness (QED) is 0.670. The predicted octanol–water partition coefficient (Wildman–Crippen LogP) is 2.47. The molecule has 3 amide bonds. The topological polar surface area (TPSA) is 90.8 Å². The number of nitrogens with one attached hydrogen (secondary N) is 1.